The molecule has 8 rings (SSSR count). The summed E-state index contributed by atoms with van der Waals surface area (Å²) in [4.78, 5) is 48.7. The van der Waals surface area contributed by atoms with Crippen LogP contribution in [0.4, 0.5) is 20.2 Å². The minimum absolute atomic E-state index is 0.0225. The Morgan fingerprint density at radius 1 is 1.04 bits per heavy atom. The Bertz CT molecular complexity index is 2080. The number of alkyl halides is 2. The van der Waals surface area contributed by atoms with E-state index in [1.807, 2.05) is 31.4 Å². The number of aromatic nitrogens is 3. The van der Waals surface area contributed by atoms with Gasteiger partial charge < -0.3 is 37.2 Å². The molecule has 2 aliphatic carbocycles. The van der Waals surface area contributed by atoms with Crippen molar-refractivity contribution in [2.75, 3.05) is 43.4 Å². The molecule has 3 aromatic rings. The van der Waals surface area contributed by atoms with Gasteiger partial charge in [-0.2, -0.15) is 5.10 Å². The Balaban J connectivity index is 1.01. The number of anilines is 2. The minimum atomic E-state index is -2.86. The highest BCUT2D eigenvalue weighted by Crippen LogP contribution is 2.49. The number of hydrogen-bond donors (Lipinski definition) is 5. The summed E-state index contributed by atoms with van der Waals surface area (Å²) < 4.78 is 29.6. The lowest BCUT2D eigenvalue weighted by Crippen LogP contribution is -2.48. The smallest absolute Gasteiger partial charge is 0.272 e. The highest BCUT2D eigenvalue weighted by Gasteiger charge is 2.41. The summed E-state index contributed by atoms with van der Waals surface area (Å²) in [7, 11) is 2.04. The maximum atomic E-state index is 13.7. The van der Waals surface area contributed by atoms with Gasteiger partial charge in [-0.25, -0.2) is 13.8 Å². The quantitative estimate of drug-likeness (QED) is 0.136. The summed E-state index contributed by atoms with van der Waals surface area (Å²) in [5.41, 5.74) is 18.6. The number of carbonyl (C=O) groups is 3. The lowest BCUT2D eigenvalue weighted by Gasteiger charge is -2.43. The van der Waals surface area contributed by atoms with E-state index in [-0.39, 0.29) is 65.8 Å². The van der Waals surface area contributed by atoms with Gasteiger partial charge in [0.15, 0.2) is 0 Å². The summed E-state index contributed by atoms with van der Waals surface area (Å²) in [5, 5.41) is 14.0. The maximum absolute atomic E-state index is 13.7. The third-order valence-electron chi connectivity index (χ3n) is 11.1. The Hall–Kier alpha value is -5.51. The van der Waals surface area contributed by atoms with Crippen molar-refractivity contribution >= 4 is 29.1 Å². The van der Waals surface area contributed by atoms with Gasteiger partial charge in [-0.05, 0) is 50.3 Å². The molecule has 3 amide bonds. The first-order valence-electron chi connectivity index (χ1n) is 19.0. The van der Waals surface area contributed by atoms with E-state index in [1.54, 1.807) is 12.1 Å². The van der Waals surface area contributed by atoms with E-state index in [2.05, 4.69) is 48.4 Å². The normalized spacial score (nSPS) is 21.3. The second kappa shape index (κ2) is 14.3. The number of nitrogens with one attached hydrogen (secondary N) is 3. The highest BCUT2D eigenvalue weighted by atomic mass is 19.3. The number of pyridine rings is 1. The first kappa shape index (κ1) is 36.5. The van der Waals surface area contributed by atoms with Crippen molar-refractivity contribution in [3.05, 3.63) is 83.0 Å². The number of allylic oxidation sites excluding steroid dienone is 1. The number of amides is 3. The maximum Gasteiger partial charge on any atom is 0.272 e. The fraction of sp³-hybridized carbons (Fsp3) is 0.462. The molecule has 5 heterocycles. The zero-order valence-electron chi connectivity index (χ0n) is 31.0. The van der Waals surface area contributed by atoms with Crippen molar-refractivity contribution < 1.29 is 23.2 Å². The van der Waals surface area contributed by atoms with E-state index >= 15 is 0 Å². The lowest BCUT2D eigenvalue weighted by molar-refractivity contribution is -0.121. The van der Waals surface area contributed by atoms with Gasteiger partial charge in [0.1, 0.15) is 17.2 Å². The van der Waals surface area contributed by atoms with Crippen LogP contribution in [0.3, 0.4) is 0 Å². The van der Waals surface area contributed by atoms with Crippen LogP contribution >= 0.6 is 0 Å². The number of nitrogens with zero attached hydrogens (tertiary/aromatic N) is 6. The number of rotatable bonds is 12. The molecule has 5 aliphatic rings. The van der Waals surface area contributed by atoms with Gasteiger partial charge >= 0.3 is 0 Å². The topological polar surface area (TPSA) is 180 Å². The van der Waals surface area contributed by atoms with Crippen molar-refractivity contribution in [3.8, 4) is 11.1 Å². The molecule has 3 aliphatic heterocycles. The van der Waals surface area contributed by atoms with Gasteiger partial charge in [-0.3, -0.25) is 24.0 Å². The Kier molecular flexibility index (Phi) is 9.47. The number of likely N-dealkylation sites (tertiary alicyclic amines) is 2. The first-order chi connectivity index (χ1) is 26.4. The molecule has 16 heteroatoms. The van der Waals surface area contributed by atoms with Crippen LogP contribution in [-0.2, 0) is 16.1 Å². The van der Waals surface area contributed by atoms with E-state index in [1.165, 1.54) is 11.0 Å². The molecule has 0 radical (unpaired) electrons. The van der Waals surface area contributed by atoms with Gasteiger partial charge in [0.2, 0.25) is 5.91 Å². The van der Waals surface area contributed by atoms with Crippen LogP contribution in [0.15, 0.2) is 65.9 Å². The summed E-state index contributed by atoms with van der Waals surface area (Å²) >= 11 is 0. The fourth-order valence-corrected chi connectivity index (χ4v) is 7.78. The average molecular weight is 756 g/mol. The van der Waals surface area contributed by atoms with Gasteiger partial charge in [0.05, 0.1) is 53.3 Å². The summed E-state index contributed by atoms with van der Waals surface area (Å²) in [6, 6.07) is 11.3. The van der Waals surface area contributed by atoms with E-state index in [0.717, 1.165) is 67.7 Å². The lowest BCUT2D eigenvalue weighted by atomic mass is 9.91. The predicted molar refractivity (Wildman–Crippen MR) is 202 cm³/mol. The molecule has 1 atom stereocenters. The number of halogens is 2. The average Bonchev–Trinajstić information content (AvgIpc) is 4.08. The standard InChI is InChI=1S/C39H47F2N11O3/c1-3-31-35-27(17-44-52(35)25-19-50(20-25)18-24-6-4-9-29(45-24)38(55)51-15-14-39(40,41)21-51)26-7-5-8-28(34(26)49(31)2)47-30(33(43)37(54)46-23-12-13-23)16-32(42)48-36(53)22-10-11-22/h4-9,16-17,22-23,25,31,47H,3,10-15,18-21,42-43H2,1-2H3,(H,46,54)(H,48,53)/b32-16+,33-30+/t31-/m1/s1. The van der Waals surface area contributed by atoms with E-state index in [9.17, 15) is 23.2 Å². The molecular weight excluding hydrogens is 708 g/mol. The van der Waals surface area contributed by atoms with Gasteiger partial charge in [-0.15, -0.1) is 0 Å². The van der Waals surface area contributed by atoms with Crippen molar-refractivity contribution in [2.45, 2.75) is 76.0 Å². The molecule has 2 aromatic heterocycles. The van der Waals surface area contributed by atoms with Crippen LogP contribution in [0.5, 0.6) is 0 Å². The number of hydrogen-bond acceptors (Lipinski definition) is 10. The molecule has 2 saturated heterocycles. The number of benzene rings is 1. The summed E-state index contributed by atoms with van der Waals surface area (Å²) in [6.07, 6.45) is 7.35. The van der Waals surface area contributed by atoms with Crippen LogP contribution in [0, 0.1) is 5.92 Å². The molecule has 1 aromatic carbocycles. The van der Waals surface area contributed by atoms with Gasteiger partial charge in [-0.1, -0.05) is 25.1 Å². The van der Waals surface area contributed by atoms with E-state index in [0.29, 0.717) is 17.9 Å². The molecule has 55 heavy (non-hydrogen) atoms. The number of carbonyl (C=O) groups excluding carboxylic acids is 3. The molecule has 4 fully saturated rings. The van der Waals surface area contributed by atoms with Gasteiger partial charge in [0.25, 0.3) is 17.7 Å². The molecule has 0 unspecified atom stereocenters. The van der Waals surface area contributed by atoms with Crippen LogP contribution in [0.1, 0.15) is 79.4 Å². The van der Waals surface area contributed by atoms with E-state index in [4.69, 9.17) is 16.6 Å². The molecule has 0 bridgehead atoms. The van der Waals surface area contributed by atoms with Crippen LogP contribution in [0.2, 0.25) is 0 Å². The van der Waals surface area contributed by atoms with Crippen molar-refractivity contribution in [1.82, 2.24) is 35.2 Å². The number of nitrogens with two attached hydrogens (primary N) is 2. The minimum Gasteiger partial charge on any atom is -0.393 e. The molecule has 14 nitrogen and oxygen atoms in total. The first-order valence-corrected chi connectivity index (χ1v) is 19.0. The monoisotopic (exact) mass is 755 g/mol. The molecule has 0 spiro atoms. The third-order valence-corrected chi connectivity index (χ3v) is 11.1. The van der Waals surface area contributed by atoms with Crippen LogP contribution < -0.4 is 32.3 Å². The van der Waals surface area contributed by atoms with Crippen LogP contribution in [0.25, 0.3) is 11.1 Å². The number of fused-ring (bicyclic) bond motifs is 3. The van der Waals surface area contributed by atoms with Gasteiger partial charge in [0, 0.05) is 68.8 Å². The Morgan fingerprint density at radius 2 is 1.80 bits per heavy atom. The third kappa shape index (κ3) is 7.46. The molecule has 7 N–H and O–H groups in total. The van der Waals surface area contributed by atoms with Crippen molar-refractivity contribution in [2.24, 2.45) is 17.4 Å². The fourth-order valence-electron chi connectivity index (χ4n) is 7.78. The second-order valence-corrected chi connectivity index (χ2v) is 15.4. The predicted octanol–water partition coefficient (Wildman–Crippen LogP) is 3.57. The van der Waals surface area contributed by atoms with E-state index < -0.39 is 24.3 Å². The molecular formula is C39H47F2N11O3. The second-order valence-electron chi connectivity index (χ2n) is 15.4. The molecule has 290 valence electrons. The van der Waals surface area contributed by atoms with Crippen molar-refractivity contribution in [1.29, 1.82) is 0 Å². The summed E-state index contributed by atoms with van der Waals surface area (Å²) in [6.45, 7) is 3.56. The Morgan fingerprint density at radius 3 is 2.49 bits per heavy atom. The highest BCUT2D eigenvalue weighted by molar-refractivity contribution is 5.97. The largest absolute Gasteiger partial charge is 0.393 e. The SMILES string of the molecule is CC[C@@H]1c2c(cnn2C2CN(Cc3cccc(C(=O)N4CCC(F)(F)C4)n3)C2)-c2cccc(NC(/C=C(\N)NC(=O)C3CC3)=C(/N)C(=O)NC3CC3)c2N1C. The Labute approximate surface area is 318 Å². The zero-order chi connectivity index (χ0) is 38.6. The summed E-state index contributed by atoms with van der Waals surface area (Å²) in [5.74, 6) is -3.83. The van der Waals surface area contributed by atoms with Crippen LogP contribution in [-0.4, -0.2) is 87.5 Å². The van der Waals surface area contributed by atoms with Crippen molar-refractivity contribution in [3.63, 3.8) is 0 Å². The number of para-hydroxylation sites is 1. The molecule has 2 saturated carbocycles. The zero-order valence-corrected chi connectivity index (χ0v) is 31.0.